The molecular weight excluding hydrogens is 490 g/mol. The summed E-state index contributed by atoms with van der Waals surface area (Å²) in [4.78, 5) is 0. The topological polar surface area (TPSA) is 48.1 Å². The highest BCUT2D eigenvalue weighted by molar-refractivity contribution is 7.20. The highest BCUT2D eigenvalue weighted by Crippen LogP contribution is 2.59. The molecule has 4 N–H and O–H groups in total. The molecule has 0 amide bonds. The van der Waals surface area contributed by atoms with Gasteiger partial charge >= 0.3 is 0 Å². The van der Waals surface area contributed by atoms with E-state index in [0.29, 0.717) is 12.1 Å². The largest absolute Gasteiger partial charge is 0.314 e. The predicted molar refractivity (Wildman–Crippen MR) is 166 cm³/mol. The van der Waals surface area contributed by atoms with E-state index in [1.807, 2.05) is 0 Å². The number of rotatable bonds is 6. The highest BCUT2D eigenvalue weighted by atomic mass is 31.0. The van der Waals surface area contributed by atoms with Gasteiger partial charge in [0, 0.05) is 62.4 Å². The van der Waals surface area contributed by atoms with Gasteiger partial charge in [-0.1, -0.05) is 81.4 Å². The third-order valence-corrected chi connectivity index (χ3v) is 9.92. The maximum Gasteiger partial charge on any atom is 0.0398 e. The average molecular weight is 535 g/mol. The summed E-state index contributed by atoms with van der Waals surface area (Å²) in [7, 11) is 6.53. The number of hydrogen-bond acceptors (Lipinski definition) is 4. The first-order valence-electron chi connectivity index (χ1n) is 13.8. The van der Waals surface area contributed by atoms with Crippen molar-refractivity contribution in [3.05, 3.63) is 82.9 Å². The van der Waals surface area contributed by atoms with Crippen molar-refractivity contribution in [3.63, 3.8) is 0 Å². The number of piperazine rings is 2. The second-order valence-corrected chi connectivity index (χ2v) is 13.1. The number of benzene rings is 2. The smallest absolute Gasteiger partial charge is 0.0398 e. The molecule has 5 unspecified atom stereocenters. The summed E-state index contributed by atoms with van der Waals surface area (Å²) in [5.41, 5.74) is 8.67. The molecule has 0 bridgehead atoms. The first-order chi connectivity index (χ1) is 17.9. The summed E-state index contributed by atoms with van der Waals surface area (Å²) in [6, 6.07) is 22.8. The van der Waals surface area contributed by atoms with Gasteiger partial charge in [-0.25, -0.2) is 0 Å². The third-order valence-electron chi connectivity index (χ3n) is 8.39. The van der Waals surface area contributed by atoms with Crippen LogP contribution in [-0.2, 0) is 0 Å². The van der Waals surface area contributed by atoms with Crippen LogP contribution < -0.4 is 21.3 Å². The van der Waals surface area contributed by atoms with Gasteiger partial charge < -0.3 is 21.3 Å². The minimum atomic E-state index is -0.165. The van der Waals surface area contributed by atoms with Crippen molar-refractivity contribution in [2.75, 3.05) is 45.4 Å². The van der Waals surface area contributed by atoms with Gasteiger partial charge in [-0.3, -0.25) is 0 Å². The summed E-state index contributed by atoms with van der Waals surface area (Å²) in [6.45, 7) is 13.3. The van der Waals surface area contributed by atoms with Crippen LogP contribution in [0, 0.1) is 11.3 Å². The normalized spacial score (nSPS) is 26.9. The lowest BCUT2D eigenvalue weighted by molar-refractivity contribution is 0.246. The fourth-order valence-corrected chi connectivity index (χ4v) is 8.05. The average Bonchev–Trinajstić information content (AvgIpc) is 3.31. The van der Waals surface area contributed by atoms with Gasteiger partial charge in [0.15, 0.2) is 0 Å². The van der Waals surface area contributed by atoms with Crippen LogP contribution in [0.15, 0.2) is 71.8 Å². The molecule has 5 rings (SSSR count). The van der Waals surface area contributed by atoms with Gasteiger partial charge in [0.05, 0.1) is 0 Å². The first-order valence-corrected chi connectivity index (χ1v) is 15.2. The molecule has 3 aliphatic rings. The lowest BCUT2D eigenvalue weighted by Gasteiger charge is -2.52. The Labute approximate surface area is 228 Å². The molecule has 2 aliphatic heterocycles. The van der Waals surface area contributed by atoms with Crippen LogP contribution in [0.25, 0.3) is 11.1 Å². The van der Waals surface area contributed by atoms with Crippen LogP contribution in [0.1, 0.15) is 31.9 Å². The van der Waals surface area contributed by atoms with Gasteiger partial charge in [-0.2, -0.15) is 0 Å². The van der Waals surface area contributed by atoms with E-state index < -0.39 is 0 Å². The maximum atomic E-state index is 3.95. The molecule has 2 aromatic rings. The monoisotopic (exact) mass is 534 g/mol. The first kappa shape index (κ1) is 27.2. The lowest BCUT2D eigenvalue weighted by Crippen LogP contribution is -2.69. The van der Waals surface area contributed by atoms with Crippen LogP contribution in [0.4, 0.5) is 0 Å². The van der Waals surface area contributed by atoms with Gasteiger partial charge in [0.1, 0.15) is 0 Å². The molecule has 0 spiro atoms. The number of allylic oxidation sites excluding steroid dienone is 3. The van der Waals surface area contributed by atoms with E-state index in [1.165, 1.54) is 27.8 Å². The van der Waals surface area contributed by atoms with Crippen molar-refractivity contribution >= 4 is 29.6 Å². The zero-order valence-electron chi connectivity index (χ0n) is 22.6. The van der Waals surface area contributed by atoms with Gasteiger partial charge in [0.2, 0.25) is 0 Å². The minimum Gasteiger partial charge on any atom is -0.314 e. The molecule has 0 radical (unpaired) electrons. The van der Waals surface area contributed by atoms with Crippen LogP contribution >= 0.6 is 18.5 Å². The Morgan fingerprint density at radius 3 is 1.70 bits per heavy atom. The van der Waals surface area contributed by atoms with E-state index in [0.717, 1.165) is 45.4 Å². The van der Waals surface area contributed by atoms with E-state index in [2.05, 4.69) is 121 Å². The fourth-order valence-electron chi connectivity index (χ4n) is 6.81. The standard InChI is InChI=1S/C31H44N4P2/c1-30(2,3)29-27(22-12-8-5-9-13-22)26(21-10-6-4-7-11-21)23(20-36)28(29)31(37,24-18-32-14-16-34-24)25-19-33-15-17-35-25/h4-13,24-25,29,32-35H,14-20,36-37H2,1-3H3. The molecule has 6 heteroatoms. The fraction of sp³-hybridized carbons (Fsp3) is 0.484. The Morgan fingerprint density at radius 2 is 1.27 bits per heavy atom. The van der Waals surface area contributed by atoms with Crippen molar-refractivity contribution in [1.29, 1.82) is 0 Å². The summed E-state index contributed by atoms with van der Waals surface area (Å²) in [6.07, 6.45) is 0.929. The Morgan fingerprint density at radius 1 is 0.757 bits per heavy atom. The number of nitrogens with one attached hydrogen (secondary N) is 4. The minimum absolute atomic E-state index is 0.0358. The molecule has 1 aliphatic carbocycles. The molecule has 2 fully saturated rings. The Bertz CT molecular complexity index is 1110. The van der Waals surface area contributed by atoms with Crippen molar-refractivity contribution in [2.45, 2.75) is 38.0 Å². The van der Waals surface area contributed by atoms with Gasteiger partial charge in [0.25, 0.3) is 0 Å². The summed E-state index contributed by atoms with van der Waals surface area (Å²) in [5, 5.41) is 15.2. The predicted octanol–water partition coefficient (Wildman–Crippen LogP) is 4.18. The van der Waals surface area contributed by atoms with Crippen LogP contribution in [0.5, 0.6) is 0 Å². The van der Waals surface area contributed by atoms with E-state index >= 15 is 0 Å². The van der Waals surface area contributed by atoms with E-state index in [9.17, 15) is 0 Å². The summed E-state index contributed by atoms with van der Waals surface area (Å²) < 4.78 is 0. The molecule has 198 valence electrons. The van der Waals surface area contributed by atoms with E-state index in [4.69, 9.17) is 0 Å². The van der Waals surface area contributed by atoms with Gasteiger partial charge in [-0.15, -0.1) is 18.5 Å². The van der Waals surface area contributed by atoms with Crippen molar-refractivity contribution in [3.8, 4) is 0 Å². The molecule has 5 atom stereocenters. The zero-order valence-corrected chi connectivity index (χ0v) is 24.9. The van der Waals surface area contributed by atoms with Crippen LogP contribution in [0.3, 0.4) is 0 Å². The third kappa shape index (κ3) is 5.14. The van der Waals surface area contributed by atoms with Crippen molar-refractivity contribution in [2.24, 2.45) is 11.3 Å². The van der Waals surface area contributed by atoms with Crippen LogP contribution in [0.2, 0.25) is 0 Å². The molecule has 2 aromatic carbocycles. The lowest BCUT2D eigenvalue weighted by atomic mass is 9.65. The van der Waals surface area contributed by atoms with E-state index in [1.54, 1.807) is 5.57 Å². The quantitative estimate of drug-likeness (QED) is 0.420. The molecule has 2 heterocycles. The highest BCUT2D eigenvalue weighted by Gasteiger charge is 2.54. The second-order valence-electron chi connectivity index (χ2n) is 11.8. The Kier molecular flexibility index (Phi) is 8.37. The molecule has 0 saturated carbocycles. The molecule has 4 nitrogen and oxygen atoms in total. The SMILES string of the molecule is CC(C)(C)C1C(c2ccccc2)=C(c2ccccc2)C(CP)=C1C(P)(C1CNCCN1)C1CNCCN1. The van der Waals surface area contributed by atoms with Crippen molar-refractivity contribution in [1.82, 2.24) is 21.3 Å². The van der Waals surface area contributed by atoms with Gasteiger partial charge in [-0.05, 0) is 45.0 Å². The second kappa shape index (κ2) is 11.4. The zero-order chi connectivity index (χ0) is 26.0. The Balaban J connectivity index is 1.81. The summed E-state index contributed by atoms with van der Waals surface area (Å²) >= 11 is 0. The Hall–Kier alpha value is -1.38. The molecule has 37 heavy (non-hydrogen) atoms. The summed E-state index contributed by atoms with van der Waals surface area (Å²) in [5.74, 6) is 0.283. The molecule has 2 saturated heterocycles. The van der Waals surface area contributed by atoms with Crippen LogP contribution in [-0.4, -0.2) is 62.7 Å². The number of hydrogen-bond donors (Lipinski definition) is 4. The molecule has 0 aromatic heterocycles. The molecular formula is C31H44N4P2. The van der Waals surface area contributed by atoms with E-state index in [-0.39, 0.29) is 16.5 Å². The van der Waals surface area contributed by atoms with Crippen molar-refractivity contribution < 1.29 is 0 Å². The maximum absolute atomic E-state index is 3.95.